The molecule has 0 aliphatic rings. The van der Waals surface area contributed by atoms with Gasteiger partial charge in [-0.3, -0.25) is 4.57 Å². The van der Waals surface area contributed by atoms with E-state index in [9.17, 15) is 4.57 Å². The molecule has 0 saturated heterocycles. The first kappa shape index (κ1) is 12.3. The zero-order valence-electron chi connectivity index (χ0n) is 7.44. The van der Waals surface area contributed by atoms with Gasteiger partial charge in [-0.25, -0.2) is 0 Å². The molecule has 0 atom stereocenters. The fourth-order valence-corrected chi connectivity index (χ4v) is 3.93. The van der Waals surface area contributed by atoms with Crippen LogP contribution in [-0.2, 0) is 4.57 Å². The minimum absolute atomic E-state index is 0.621. The Kier molecular flexibility index (Phi) is 4.65. The van der Waals surface area contributed by atoms with Crippen molar-refractivity contribution in [3.8, 4) is 5.75 Å². The van der Waals surface area contributed by atoms with Crippen LogP contribution in [0.4, 0.5) is 0 Å². The molecule has 14 heavy (non-hydrogen) atoms. The zero-order valence-corrected chi connectivity index (χ0v) is 10.7. The third kappa shape index (κ3) is 4.61. The van der Waals surface area contributed by atoms with Crippen LogP contribution >= 0.6 is 38.9 Å². The first-order chi connectivity index (χ1) is 6.51. The number of rotatable bonds is 4. The van der Waals surface area contributed by atoms with Gasteiger partial charge < -0.3 is 4.74 Å². The summed E-state index contributed by atoms with van der Waals surface area (Å²) in [4.78, 5) is 0.766. The van der Waals surface area contributed by atoms with E-state index >= 15 is 0 Å². The Morgan fingerprint density at radius 3 is 2.36 bits per heavy atom. The maximum absolute atomic E-state index is 11.1. The van der Waals surface area contributed by atoms with Crippen LogP contribution < -0.4 is 4.74 Å². The van der Waals surface area contributed by atoms with Crippen LogP contribution in [-0.4, -0.2) is 6.61 Å². The SMILES string of the molecule is CCOc1ccc(SP(=O)(Cl)Cl)cc1. The van der Waals surface area contributed by atoms with Gasteiger partial charge in [0.25, 0.3) is 0 Å². The highest BCUT2D eigenvalue weighted by atomic mass is 35.9. The van der Waals surface area contributed by atoms with Crippen LogP contribution in [0.5, 0.6) is 5.75 Å². The van der Waals surface area contributed by atoms with Crippen LogP contribution in [0.15, 0.2) is 29.2 Å². The van der Waals surface area contributed by atoms with Crippen molar-refractivity contribution >= 4 is 38.9 Å². The van der Waals surface area contributed by atoms with Gasteiger partial charge in [0.1, 0.15) is 5.75 Å². The molecule has 78 valence electrons. The molecule has 0 heterocycles. The molecular weight excluding hydrogens is 262 g/mol. The third-order valence-electron chi connectivity index (χ3n) is 1.35. The van der Waals surface area contributed by atoms with Crippen molar-refractivity contribution in [3.63, 3.8) is 0 Å². The summed E-state index contributed by atoms with van der Waals surface area (Å²) in [6, 6.07) is 7.12. The summed E-state index contributed by atoms with van der Waals surface area (Å²) >= 11 is 11.8. The normalized spacial score (nSPS) is 11.4. The molecule has 0 saturated carbocycles. The van der Waals surface area contributed by atoms with Gasteiger partial charge in [0, 0.05) is 4.90 Å². The lowest BCUT2D eigenvalue weighted by Gasteiger charge is -2.04. The Morgan fingerprint density at radius 2 is 1.93 bits per heavy atom. The van der Waals surface area contributed by atoms with Gasteiger partial charge in [0.15, 0.2) is 0 Å². The van der Waals surface area contributed by atoms with E-state index in [2.05, 4.69) is 0 Å². The lowest BCUT2D eigenvalue weighted by atomic mass is 10.3. The largest absolute Gasteiger partial charge is 0.494 e. The van der Waals surface area contributed by atoms with Crippen molar-refractivity contribution in [2.24, 2.45) is 0 Å². The summed E-state index contributed by atoms with van der Waals surface area (Å²) in [7, 11) is 0. The van der Waals surface area contributed by atoms with E-state index in [4.69, 9.17) is 27.2 Å². The lowest BCUT2D eigenvalue weighted by Crippen LogP contribution is -1.89. The van der Waals surface area contributed by atoms with E-state index < -0.39 is 5.05 Å². The molecule has 0 aromatic heterocycles. The number of ether oxygens (including phenoxy) is 1. The summed E-state index contributed by atoms with van der Waals surface area (Å²) in [6.07, 6.45) is 0. The van der Waals surface area contributed by atoms with Crippen molar-refractivity contribution < 1.29 is 9.30 Å². The van der Waals surface area contributed by atoms with Gasteiger partial charge in [-0.15, -0.1) is 0 Å². The molecule has 6 heteroatoms. The smallest absolute Gasteiger partial charge is 0.311 e. The summed E-state index contributed by atoms with van der Waals surface area (Å²) in [5, 5.41) is -3.10. The topological polar surface area (TPSA) is 26.3 Å². The number of benzene rings is 1. The maximum atomic E-state index is 11.1. The summed E-state index contributed by atoms with van der Waals surface area (Å²) in [6.45, 7) is 2.53. The van der Waals surface area contributed by atoms with Crippen molar-refractivity contribution in [1.82, 2.24) is 0 Å². The number of hydrogen-bond donors (Lipinski definition) is 0. The Morgan fingerprint density at radius 1 is 1.36 bits per heavy atom. The summed E-state index contributed by atoms with van der Waals surface area (Å²) in [5.41, 5.74) is 0. The molecule has 1 aromatic rings. The molecule has 1 rings (SSSR count). The minimum Gasteiger partial charge on any atom is -0.494 e. The van der Waals surface area contributed by atoms with Crippen LogP contribution in [0, 0.1) is 0 Å². The van der Waals surface area contributed by atoms with E-state index in [0.29, 0.717) is 6.61 Å². The second-order valence-electron chi connectivity index (χ2n) is 2.41. The van der Waals surface area contributed by atoms with Crippen molar-refractivity contribution in [2.75, 3.05) is 6.61 Å². The van der Waals surface area contributed by atoms with Gasteiger partial charge in [0.05, 0.1) is 6.61 Å². The molecular formula is C8H9Cl2O2PS. The first-order valence-corrected chi connectivity index (χ1v) is 8.87. The Balaban J connectivity index is 2.69. The highest BCUT2D eigenvalue weighted by Gasteiger charge is 2.15. The van der Waals surface area contributed by atoms with Gasteiger partial charge in [0.2, 0.25) is 0 Å². The fraction of sp³-hybridized carbons (Fsp3) is 0.250. The second kappa shape index (κ2) is 5.32. The second-order valence-corrected chi connectivity index (χ2v) is 10.6. The summed E-state index contributed by atoms with van der Waals surface area (Å²) < 4.78 is 16.3. The van der Waals surface area contributed by atoms with E-state index in [1.165, 1.54) is 0 Å². The van der Waals surface area contributed by atoms with Gasteiger partial charge in [-0.2, -0.15) is 0 Å². The molecule has 0 spiro atoms. The highest BCUT2D eigenvalue weighted by molar-refractivity contribution is 8.72. The van der Waals surface area contributed by atoms with E-state index in [1.807, 2.05) is 6.92 Å². The van der Waals surface area contributed by atoms with Gasteiger partial charge in [-0.05, 0) is 65.1 Å². The lowest BCUT2D eigenvalue weighted by molar-refractivity contribution is 0.340. The molecule has 1 aromatic carbocycles. The number of hydrogen-bond acceptors (Lipinski definition) is 3. The summed E-state index contributed by atoms with van der Waals surface area (Å²) in [5.74, 6) is 0.774. The molecule has 0 bridgehead atoms. The average molecular weight is 271 g/mol. The highest BCUT2D eigenvalue weighted by Crippen LogP contribution is 2.70. The standard InChI is InChI=1S/C8H9Cl2O2PS/c1-2-12-7-3-5-8(6-4-7)14-13(9,10)11/h3-6H,2H2,1H3. The van der Waals surface area contributed by atoms with Gasteiger partial charge in [-0.1, -0.05) is 0 Å². The minimum atomic E-state index is -3.10. The molecule has 0 amide bonds. The van der Waals surface area contributed by atoms with Crippen molar-refractivity contribution in [3.05, 3.63) is 24.3 Å². The first-order valence-electron chi connectivity index (χ1n) is 3.93. The van der Waals surface area contributed by atoms with Crippen molar-refractivity contribution in [1.29, 1.82) is 0 Å². The third-order valence-corrected chi connectivity index (χ3v) is 4.55. The maximum Gasteiger partial charge on any atom is 0.311 e. The van der Waals surface area contributed by atoms with Crippen LogP contribution in [0.3, 0.4) is 0 Å². The van der Waals surface area contributed by atoms with Crippen LogP contribution in [0.1, 0.15) is 6.92 Å². The van der Waals surface area contributed by atoms with Crippen LogP contribution in [0.2, 0.25) is 0 Å². The quantitative estimate of drug-likeness (QED) is 0.738. The van der Waals surface area contributed by atoms with E-state index in [-0.39, 0.29) is 0 Å². The molecule has 0 fully saturated rings. The van der Waals surface area contributed by atoms with Crippen molar-refractivity contribution in [2.45, 2.75) is 11.8 Å². The molecule has 2 nitrogen and oxygen atoms in total. The Bertz CT molecular complexity index is 336. The molecule has 0 N–H and O–H groups in total. The Labute approximate surface area is 96.6 Å². The van der Waals surface area contributed by atoms with Crippen LogP contribution in [0.25, 0.3) is 0 Å². The molecule has 0 aliphatic carbocycles. The number of halogens is 2. The molecule has 0 unspecified atom stereocenters. The monoisotopic (exact) mass is 270 g/mol. The Hall–Kier alpha value is 0.180. The fourth-order valence-electron chi connectivity index (χ4n) is 0.886. The molecule has 0 radical (unpaired) electrons. The average Bonchev–Trinajstić information content (AvgIpc) is 2.06. The predicted octanol–water partition coefficient (Wildman–Crippen LogP) is 4.76. The predicted molar refractivity (Wildman–Crippen MR) is 62.8 cm³/mol. The van der Waals surface area contributed by atoms with Gasteiger partial charge >= 0.3 is 5.05 Å². The van der Waals surface area contributed by atoms with E-state index in [1.54, 1.807) is 24.3 Å². The molecule has 0 aliphatic heterocycles. The zero-order chi connectivity index (χ0) is 10.6. The van der Waals surface area contributed by atoms with E-state index in [0.717, 1.165) is 22.0 Å².